The molecule has 3 rings (SSSR count). The summed E-state index contributed by atoms with van der Waals surface area (Å²) < 4.78 is 5.44. The van der Waals surface area contributed by atoms with Crippen LogP contribution in [0.5, 0.6) is 0 Å². The molecule has 27 heavy (non-hydrogen) atoms. The Labute approximate surface area is 161 Å². The van der Waals surface area contributed by atoms with Crippen LogP contribution in [0.25, 0.3) is 0 Å². The van der Waals surface area contributed by atoms with E-state index in [9.17, 15) is 9.59 Å². The van der Waals surface area contributed by atoms with E-state index in [4.69, 9.17) is 4.74 Å². The number of hydrogen-bond acceptors (Lipinski definition) is 4. The van der Waals surface area contributed by atoms with Crippen LogP contribution in [0.15, 0.2) is 24.4 Å². The van der Waals surface area contributed by atoms with Gasteiger partial charge < -0.3 is 14.5 Å². The summed E-state index contributed by atoms with van der Waals surface area (Å²) >= 11 is 0. The Hall–Kier alpha value is -1.95. The molecule has 0 N–H and O–H groups in total. The van der Waals surface area contributed by atoms with Gasteiger partial charge in [-0.15, -0.1) is 0 Å². The molecular formula is C21H31N3O3. The van der Waals surface area contributed by atoms with Gasteiger partial charge in [-0.3, -0.25) is 14.6 Å². The Morgan fingerprint density at radius 1 is 1.30 bits per heavy atom. The van der Waals surface area contributed by atoms with E-state index in [0.717, 1.165) is 57.4 Å². The molecule has 2 aliphatic rings. The molecule has 0 aliphatic carbocycles. The molecule has 2 fully saturated rings. The van der Waals surface area contributed by atoms with Crippen LogP contribution < -0.4 is 0 Å². The monoisotopic (exact) mass is 373 g/mol. The molecule has 6 nitrogen and oxygen atoms in total. The van der Waals surface area contributed by atoms with E-state index in [-0.39, 0.29) is 23.8 Å². The van der Waals surface area contributed by atoms with Gasteiger partial charge in [0.2, 0.25) is 11.8 Å². The number of aromatic nitrogens is 1. The van der Waals surface area contributed by atoms with E-state index in [1.165, 1.54) is 0 Å². The zero-order chi connectivity index (χ0) is 19.1. The first-order chi connectivity index (χ1) is 13.1. The fourth-order valence-electron chi connectivity index (χ4n) is 4.25. The molecule has 0 bridgehead atoms. The minimum Gasteiger partial charge on any atom is -0.372 e. The molecule has 0 radical (unpaired) electrons. The van der Waals surface area contributed by atoms with Crippen molar-refractivity contribution in [2.24, 2.45) is 5.41 Å². The van der Waals surface area contributed by atoms with Crippen LogP contribution in [0.3, 0.4) is 0 Å². The number of nitrogens with zero attached hydrogens (tertiary/aromatic N) is 3. The molecule has 1 atom stereocenters. The number of hydrogen-bond donors (Lipinski definition) is 0. The maximum Gasteiger partial charge on any atom is 0.248 e. The number of likely N-dealkylation sites (tertiary alicyclic amines) is 2. The van der Waals surface area contributed by atoms with Crippen molar-refractivity contribution < 1.29 is 14.3 Å². The zero-order valence-corrected chi connectivity index (χ0v) is 16.4. The van der Waals surface area contributed by atoms with Crippen molar-refractivity contribution in [1.82, 2.24) is 14.8 Å². The van der Waals surface area contributed by atoms with Gasteiger partial charge in [0.1, 0.15) is 6.61 Å². The highest BCUT2D eigenvalue weighted by Gasteiger charge is 2.42. The van der Waals surface area contributed by atoms with E-state index >= 15 is 0 Å². The van der Waals surface area contributed by atoms with Gasteiger partial charge in [0.15, 0.2) is 0 Å². The number of rotatable bonds is 7. The molecule has 0 unspecified atom stereocenters. The predicted molar refractivity (Wildman–Crippen MR) is 103 cm³/mol. The quantitative estimate of drug-likeness (QED) is 0.688. The maximum atomic E-state index is 12.5. The summed E-state index contributed by atoms with van der Waals surface area (Å²) in [7, 11) is 0. The predicted octanol–water partition coefficient (Wildman–Crippen LogP) is 2.28. The lowest BCUT2D eigenvalue weighted by molar-refractivity contribution is -0.145. The Morgan fingerprint density at radius 3 is 2.96 bits per heavy atom. The molecule has 148 valence electrons. The smallest absolute Gasteiger partial charge is 0.248 e. The van der Waals surface area contributed by atoms with Crippen molar-refractivity contribution in [3.8, 4) is 0 Å². The number of pyridine rings is 1. The van der Waals surface area contributed by atoms with Crippen molar-refractivity contribution in [3.63, 3.8) is 0 Å². The summed E-state index contributed by atoms with van der Waals surface area (Å²) in [5, 5.41) is 0. The summed E-state index contributed by atoms with van der Waals surface area (Å²) in [5.74, 6) is 0.311. The van der Waals surface area contributed by atoms with Crippen LogP contribution in [-0.2, 0) is 20.7 Å². The molecule has 2 amide bonds. The lowest BCUT2D eigenvalue weighted by atomic mass is 9.73. The summed E-state index contributed by atoms with van der Waals surface area (Å²) in [6.45, 7) is 5.84. The van der Waals surface area contributed by atoms with Crippen LogP contribution in [0.2, 0.25) is 0 Å². The van der Waals surface area contributed by atoms with Gasteiger partial charge in [0.05, 0.1) is 0 Å². The van der Waals surface area contributed by atoms with Gasteiger partial charge in [-0.05, 0) is 37.8 Å². The minimum absolute atomic E-state index is 0.0384. The lowest BCUT2D eigenvalue weighted by Crippen LogP contribution is -2.55. The highest BCUT2D eigenvalue weighted by Crippen LogP contribution is 2.38. The second-order valence-electron chi connectivity index (χ2n) is 7.86. The Balaban J connectivity index is 1.57. The van der Waals surface area contributed by atoms with Gasteiger partial charge in [0.25, 0.3) is 0 Å². The maximum absolute atomic E-state index is 12.5. The third kappa shape index (κ3) is 5.28. The van der Waals surface area contributed by atoms with Crippen molar-refractivity contribution in [2.75, 3.05) is 39.4 Å². The number of carbonyl (C=O) groups excluding carboxylic acids is 2. The van der Waals surface area contributed by atoms with E-state index < -0.39 is 0 Å². The molecule has 2 saturated heterocycles. The third-order valence-corrected chi connectivity index (χ3v) is 5.70. The van der Waals surface area contributed by atoms with Crippen LogP contribution in [0.4, 0.5) is 0 Å². The highest BCUT2D eigenvalue weighted by atomic mass is 16.5. The summed E-state index contributed by atoms with van der Waals surface area (Å²) in [6, 6.07) is 5.89. The summed E-state index contributed by atoms with van der Waals surface area (Å²) in [4.78, 5) is 33.2. The Morgan fingerprint density at radius 2 is 2.19 bits per heavy atom. The van der Waals surface area contributed by atoms with Crippen molar-refractivity contribution in [1.29, 1.82) is 0 Å². The molecule has 1 aromatic rings. The standard InChI is InChI=1S/C21H31N3O3/c1-2-14-27-15-20(26)23-12-5-9-21(16-23)10-7-19(25)24(17-21)13-8-18-6-3-4-11-22-18/h3-4,6,11H,2,5,7-10,12-17H2,1H3/t21-/m1/s1. The first-order valence-electron chi connectivity index (χ1n) is 10.2. The summed E-state index contributed by atoms with van der Waals surface area (Å²) in [6.07, 6.45) is 7.03. The SMILES string of the molecule is CCCOCC(=O)N1CCC[C@@]2(CCC(=O)N(CCc3ccccn3)C2)C1. The minimum atomic E-state index is 0.0384. The van der Waals surface area contributed by atoms with E-state index in [2.05, 4.69) is 4.98 Å². The normalized spacial score (nSPS) is 23.1. The second kappa shape index (κ2) is 9.31. The molecule has 0 aromatic carbocycles. The second-order valence-corrected chi connectivity index (χ2v) is 7.86. The number of piperidine rings is 2. The van der Waals surface area contributed by atoms with Gasteiger partial charge in [-0.2, -0.15) is 0 Å². The van der Waals surface area contributed by atoms with Crippen LogP contribution in [0, 0.1) is 5.41 Å². The highest BCUT2D eigenvalue weighted by molar-refractivity contribution is 5.78. The average molecular weight is 373 g/mol. The van der Waals surface area contributed by atoms with Crippen LogP contribution in [0.1, 0.15) is 44.7 Å². The fourth-order valence-corrected chi connectivity index (χ4v) is 4.25. The Kier molecular flexibility index (Phi) is 6.83. The van der Waals surface area contributed by atoms with E-state index in [1.54, 1.807) is 6.20 Å². The molecule has 1 aromatic heterocycles. The molecule has 1 spiro atoms. The number of ether oxygens (including phenoxy) is 1. The summed E-state index contributed by atoms with van der Waals surface area (Å²) in [5.41, 5.74) is 1.05. The molecule has 3 heterocycles. The molecular weight excluding hydrogens is 342 g/mol. The fraction of sp³-hybridized carbons (Fsp3) is 0.667. The van der Waals surface area contributed by atoms with Crippen LogP contribution >= 0.6 is 0 Å². The van der Waals surface area contributed by atoms with Gasteiger partial charge in [0, 0.05) is 62.9 Å². The lowest BCUT2D eigenvalue weighted by Gasteiger charge is -2.48. The third-order valence-electron chi connectivity index (χ3n) is 5.70. The molecule has 6 heteroatoms. The zero-order valence-electron chi connectivity index (χ0n) is 16.4. The van der Waals surface area contributed by atoms with Crippen molar-refractivity contribution in [3.05, 3.63) is 30.1 Å². The first kappa shape index (κ1) is 19.8. The van der Waals surface area contributed by atoms with Crippen molar-refractivity contribution in [2.45, 2.75) is 45.4 Å². The van der Waals surface area contributed by atoms with E-state index in [0.29, 0.717) is 19.6 Å². The van der Waals surface area contributed by atoms with Crippen LogP contribution in [-0.4, -0.2) is 66.0 Å². The molecule has 2 aliphatic heterocycles. The number of carbonyl (C=O) groups is 2. The average Bonchev–Trinajstić information content (AvgIpc) is 2.70. The van der Waals surface area contributed by atoms with Gasteiger partial charge >= 0.3 is 0 Å². The topological polar surface area (TPSA) is 62.7 Å². The van der Waals surface area contributed by atoms with Gasteiger partial charge in [-0.1, -0.05) is 13.0 Å². The van der Waals surface area contributed by atoms with Crippen molar-refractivity contribution >= 4 is 11.8 Å². The molecule has 0 saturated carbocycles. The van der Waals surface area contributed by atoms with Gasteiger partial charge in [-0.25, -0.2) is 0 Å². The number of amides is 2. The van der Waals surface area contributed by atoms with E-state index in [1.807, 2.05) is 34.9 Å². The Bertz CT molecular complexity index is 637. The first-order valence-corrected chi connectivity index (χ1v) is 10.2. The largest absolute Gasteiger partial charge is 0.372 e.